The molecule has 1 saturated carbocycles. The standard InChI is InChI=1S/C15H23NS/c1-2-15(16)13-7-9-14(10-8-13)17-11-12-5-3-4-6-12/h7-10,12,15H,2-6,11,16H2,1H3/t15-/m0/s1. The quantitative estimate of drug-likeness (QED) is 0.784. The zero-order chi connectivity index (χ0) is 12.1. The van der Waals surface area contributed by atoms with E-state index in [1.165, 1.54) is 41.9 Å². The second kappa shape index (κ2) is 6.46. The highest BCUT2D eigenvalue weighted by atomic mass is 32.2. The molecule has 94 valence electrons. The molecular formula is C15H23NS. The van der Waals surface area contributed by atoms with Crippen LogP contribution < -0.4 is 5.73 Å². The molecule has 2 rings (SSSR count). The summed E-state index contributed by atoms with van der Waals surface area (Å²) >= 11 is 2.00. The number of hydrogen-bond donors (Lipinski definition) is 1. The van der Waals surface area contributed by atoms with Crippen LogP contribution >= 0.6 is 11.8 Å². The Balaban J connectivity index is 1.84. The van der Waals surface area contributed by atoms with E-state index in [4.69, 9.17) is 5.73 Å². The Kier molecular flexibility index (Phi) is 4.93. The van der Waals surface area contributed by atoms with E-state index < -0.39 is 0 Å². The predicted molar refractivity (Wildman–Crippen MR) is 76.3 cm³/mol. The van der Waals surface area contributed by atoms with Crippen molar-refractivity contribution in [3.8, 4) is 0 Å². The highest BCUT2D eigenvalue weighted by Gasteiger charge is 2.14. The lowest BCUT2D eigenvalue weighted by molar-refractivity contribution is 0.623. The third-order valence-corrected chi connectivity index (χ3v) is 4.95. The molecule has 17 heavy (non-hydrogen) atoms. The number of rotatable bonds is 5. The summed E-state index contributed by atoms with van der Waals surface area (Å²) < 4.78 is 0. The average Bonchev–Trinajstić information content (AvgIpc) is 2.89. The summed E-state index contributed by atoms with van der Waals surface area (Å²) in [7, 11) is 0. The molecule has 1 aromatic carbocycles. The van der Waals surface area contributed by atoms with Crippen LogP contribution in [0, 0.1) is 5.92 Å². The summed E-state index contributed by atoms with van der Waals surface area (Å²) in [6.07, 6.45) is 6.76. The Labute approximate surface area is 109 Å². The number of thioether (sulfide) groups is 1. The second-order valence-corrected chi connectivity index (χ2v) is 6.14. The van der Waals surface area contributed by atoms with E-state index in [1.807, 2.05) is 11.8 Å². The van der Waals surface area contributed by atoms with E-state index in [2.05, 4.69) is 31.2 Å². The van der Waals surface area contributed by atoms with Gasteiger partial charge in [-0.25, -0.2) is 0 Å². The van der Waals surface area contributed by atoms with Gasteiger partial charge < -0.3 is 5.73 Å². The van der Waals surface area contributed by atoms with Crippen LogP contribution in [-0.4, -0.2) is 5.75 Å². The minimum absolute atomic E-state index is 0.198. The molecule has 0 unspecified atom stereocenters. The third-order valence-electron chi connectivity index (χ3n) is 3.71. The molecule has 0 aromatic heterocycles. The van der Waals surface area contributed by atoms with Crippen LogP contribution in [0.3, 0.4) is 0 Å². The molecule has 2 N–H and O–H groups in total. The van der Waals surface area contributed by atoms with Crippen molar-refractivity contribution in [2.24, 2.45) is 11.7 Å². The van der Waals surface area contributed by atoms with E-state index in [9.17, 15) is 0 Å². The first-order valence-electron chi connectivity index (χ1n) is 6.78. The molecule has 0 aliphatic heterocycles. The molecule has 2 heteroatoms. The zero-order valence-corrected chi connectivity index (χ0v) is 11.5. The molecule has 1 aromatic rings. The predicted octanol–water partition coefficient (Wildman–Crippen LogP) is 4.38. The first-order chi connectivity index (χ1) is 8.29. The van der Waals surface area contributed by atoms with Gasteiger partial charge >= 0.3 is 0 Å². The Hall–Kier alpha value is -0.470. The molecule has 1 atom stereocenters. The van der Waals surface area contributed by atoms with Gasteiger partial charge in [0.2, 0.25) is 0 Å². The van der Waals surface area contributed by atoms with Crippen molar-refractivity contribution in [3.05, 3.63) is 29.8 Å². The molecule has 1 aliphatic carbocycles. The zero-order valence-electron chi connectivity index (χ0n) is 10.7. The third kappa shape index (κ3) is 3.75. The van der Waals surface area contributed by atoms with Gasteiger partial charge in [-0.1, -0.05) is 31.9 Å². The van der Waals surface area contributed by atoms with Crippen LogP contribution in [-0.2, 0) is 0 Å². The minimum Gasteiger partial charge on any atom is -0.324 e. The van der Waals surface area contributed by atoms with Gasteiger partial charge in [-0.15, -0.1) is 11.8 Å². The van der Waals surface area contributed by atoms with Crippen molar-refractivity contribution in [1.29, 1.82) is 0 Å². The number of benzene rings is 1. The van der Waals surface area contributed by atoms with E-state index in [0.29, 0.717) is 0 Å². The molecule has 1 aliphatic rings. The van der Waals surface area contributed by atoms with E-state index in [1.54, 1.807) is 0 Å². The van der Waals surface area contributed by atoms with Crippen molar-refractivity contribution >= 4 is 11.8 Å². The number of nitrogens with two attached hydrogens (primary N) is 1. The van der Waals surface area contributed by atoms with Crippen molar-refractivity contribution < 1.29 is 0 Å². The summed E-state index contributed by atoms with van der Waals surface area (Å²) in [5.74, 6) is 2.25. The topological polar surface area (TPSA) is 26.0 Å². The molecule has 0 bridgehead atoms. The van der Waals surface area contributed by atoms with Gasteiger partial charge in [-0.05, 0) is 42.9 Å². The lowest BCUT2D eigenvalue weighted by atomic mass is 10.1. The summed E-state index contributed by atoms with van der Waals surface area (Å²) in [6, 6.07) is 9.02. The summed E-state index contributed by atoms with van der Waals surface area (Å²) in [4.78, 5) is 1.39. The van der Waals surface area contributed by atoms with Crippen molar-refractivity contribution in [2.45, 2.75) is 50.0 Å². The molecule has 0 spiro atoms. The maximum absolute atomic E-state index is 6.01. The SMILES string of the molecule is CC[C@H](N)c1ccc(SCC2CCCC2)cc1. The highest BCUT2D eigenvalue weighted by Crippen LogP contribution is 2.31. The fraction of sp³-hybridized carbons (Fsp3) is 0.600. The number of hydrogen-bond acceptors (Lipinski definition) is 2. The molecule has 1 nitrogen and oxygen atoms in total. The van der Waals surface area contributed by atoms with Crippen LogP contribution in [0.4, 0.5) is 0 Å². The van der Waals surface area contributed by atoms with Crippen LogP contribution in [0.15, 0.2) is 29.2 Å². The second-order valence-electron chi connectivity index (χ2n) is 5.05. The maximum Gasteiger partial charge on any atom is 0.0292 e. The average molecular weight is 249 g/mol. The van der Waals surface area contributed by atoms with Crippen LogP contribution in [0.5, 0.6) is 0 Å². The lowest BCUT2D eigenvalue weighted by Crippen LogP contribution is -2.08. The van der Waals surface area contributed by atoms with Crippen LogP contribution in [0.25, 0.3) is 0 Å². The van der Waals surface area contributed by atoms with E-state index in [-0.39, 0.29) is 6.04 Å². The van der Waals surface area contributed by atoms with Gasteiger partial charge in [0.05, 0.1) is 0 Å². The Morgan fingerprint density at radius 1 is 1.24 bits per heavy atom. The normalized spacial score (nSPS) is 18.5. The van der Waals surface area contributed by atoms with Crippen molar-refractivity contribution in [1.82, 2.24) is 0 Å². The monoisotopic (exact) mass is 249 g/mol. The lowest BCUT2D eigenvalue weighted by Gasteiger charge is -2.11. The largest absolute Gasteiger partial charge is 0.324 e. The van der Waals surface area contributed by atoms with Gasteiger partial charge in [0.15, 0.2) is 0 Å². The van der Waals surface area contributed by atoms with E-state index in [0.717, 1.165) is 12.3 Å². The molecule has 0 heterocycles. The first kappa shape index (κ1) is 13.0. The summed E-state index contributed by atoms with van der Waals surface area (Å²) in [5, 5.41) is 0. The summed E-state index contributed by atoms with van der Waals surface area (Å²) in [5.41, 5.74) is 7.27. The van der Waals surface area contributed by atoms with Crippen molar-refractivity contribution in [2.75, 3.05) is 5.75 Å². The molecule has 0 radical (unpaired) electrons. The van der Waals surface area contributed by atoms with Gasteiger partial charge in [0, 0.05) is 16.7 Å². The Bertz CT molecular complexity index is 327. The van der Waals surface area contributed by atoms with Crippen LogP contribution in [0.2, 0.25) is 0 Å². The molecule has 0 saturated heterocycles. The van der Waals surface area contributed by atoms with Gasteiger partial charge in [-0.3, -0.25) is 0 Å². The maximum atomic E-state index is 6.01. The fourth-order valence-electron chi connectivity index (χ4n) is 2.44. The van der Waals surface area contributed by atoms with Gasteiger partial charge in [-0.2, -0.15) is 0 Å². The smallest absolute Gasteiger partial charge is 0.0292 e. The minimum atomic E-state index is 0.198. The van der Waals surface area contributed by atoms with Gasteiger partial charge in [0.1, 0.15) is 0 Å². The van der Waals surface area contributed by atoms with Gasteiger partial charge in [0.25, 0.3) is 0 Å². The molecular weight excluding hydrogens is 226 g/mol. The Morgan fingerprint density at radius 3 is 2.47 bits per heavy atom. The summed E-state index contributed by atoms with van der Waals surface area (Å²) in [6.45, 7) is 2.13. The fourth-order valence-corrected chi connectivity index (χ4v) is 3.53. The molecule has 1 fully saturated rings. The Morgan fingerprint density at radius 2 is 1.88 bits per heavy atom. The van der Waals surface area contributed by atoms with E-state index >= 15 is 0 Å². The first-order valence-corrected chi connectivity index (χ1v) is 7.76. The van der Waals surface area contributed by atoms with Crippen molar-refractivity contribution in [3.63, 3.8) is 0 Å². The highest BCUT2D eigenvalue weighted by molar-refractivity contribution is 7.99. The van der Waals surface area contributed by atoms with Crippen LogP contribution in [0.1, 0.15) is 50.6 Å². The molecule has 0 amide bonds.